The van der Waals surface area contributed by atoms with Crippen LogP contribution in [0.25, 0.3) is 0 Å². The second-order valence-electron chi connectivity index (χ2n) is 6.73. The molecule has 2 nitrogen and oxygen atoms in total. The minimum Gasteiger partial charge on any atom is -0.328 e. The third kappa shape index (κ3) is 3.79. The van der Waals surface area contributed by atoms with E-state index in [4.69, 9.17) is 10.7 Å². The van der Waals surface area contributed by atoms with Crippen molar-refractivity contribution in [3.05, 3.63) is 16.1 Å². The molecule has 0 aliphatic heterocycles. The molecular formula is C15H26N2S. The normalized spacial score (nSPS) is 26.0. The molecule has 0 aromatic carbocycles. The smallest absolute Gasteiger partial charge is 0.0931 e. The first-order chi connectivity index (χ1) is 8.45. The van der Waals surface area contributed by atoms with Crippen LogP contribution < -0.4 is 5.73 Å². The number of hydrogen-bond donors (Lipinski definition) is 1. The van der Waals surface area contributed by atoms with Crippen LogP contribution in [-0.2, 0) is 11.8 Å². The summed E-state index contributed by atoms with van der Waals surface area (Å²) in [5.41, 5.74) is 7.55. The fraction of sp³-hybridized carbons (Fsp3) is 0.800. The number of hydrogen-bond acceptors (Lipinski definition) is 3. The van der Waals surface area contributed by atoms with E-state index in [9.17, 15) is 0 Å². The number of nitrogens with zero attached hydrogens (tertiary/aromatic N) is 1. The summed E-state index contributed by atoms with van der Waals surface area (Å²) < 4.78 is 0. The molecule has 1 aromatic heterocycles. The number of rotatable bonds is 2. The first-order valence-electron chi connectivity index (χ1n) is 7.15. The molecule has 0 spiro atoms. The van der Waals surface area contributed by atoms with Crippen molar-refractivity contribution in [1.82, 2.24) is 4.98 Å². The first-order valence-corrected chi connectivity index (χ1v) is 8.03. The minimum absolute atomic E-state index is 0.175. The van der Waals surface area contributed by atoms with E-state index in [0.717, 1.165) is 12.3 Å². The maximum absolute atomic E-state index is 6.14. The second-order valence-corrected chi connectivity index (χ2v) is 7.67. The molecule has 1 saturated carbocycles. The molecule has 0 bridgehead atoms. The summed E-state index contributed by atoms with van der Waals surface area (Å²) in [5, 5.41) is 3.53. The Morgan fingerprint density at radius 1 is 1.33 bits per heavy atom. The van der Waals surface area contributed by atoms with Crippen molar-refractivity contribution in [3.63, 3.8) is 0 Å². The molecule has 2 N–H and O–H groups in total. The molecule has 2 rings (SSSR count). The van der Waals surface area contributed by atoms with Crippen molar-refractivity contribution in [2.24, 2.45) is 11.7 Å². The van der Waals surface area contributed by atoms with Crippen LogP contribution in [0, 0.1) is 5.92 Å². The molecule has 0 radical (unpaired) electrons. The Hall–Kier alpha value is -0.410. The van der Waals surface area contributed by atoms with Gasteiger partial charge in [-0.2, -0.15) is 0 Å². The van der Waals surface area contributed by atoms with Gasteiger partial charge in [0.2, 0.25) is 0 Å². The van der Waals surface area contributed by atoms with E-state index in [1.807, 2.05) is 11.3 Å². The molecule has 0 saturated heterocycles. The van der Waals surface area contributed by atoms with E-state index in [0.29, 0.717) is 6.04 Å². The van der Waals surface area contributed by atoms with E-state index in [-0.39, 0.29) is 5.41 Å². The maximum Gasteiger partial charge on any atom is 0.0931 e. The number of aromatic nitrogens is 1. The summed E-state index contributed by atoms with van der Waals surface area (Å²) in [4.78, 5) is 4.81. The van der Waals surface area contributed by atoms with Gasteiger partial charge in [0.25, 0.3) is 0 Å². The number of nitrogens with two attached hydrogens (primary N) is 1. The molecule has 1 fully saturated rings. The highest BCUT2D eigenvalue weighted by Crippen LogP contribution is 2.29. The minimum atomic E-state index is 0.175. The SMILES string of the molecule is CC(C)(C)c1csc(CC2CCCCC(N)C2)n1. The van der Waals surface area contributed by atoms with E-state index in [2.05, 4.69) is 26.2 Å². The Morgan fingerprint density at radius 3 is 2.72 bits per heavy atom. The van der Waals surface area contributed by atoms with Crippen molar-refractivity contribution in [3.8, 4) is 0 Å². The van der Waals surface area contributed by atoms with Gasteiger partial charge in [0, 0.05) is 23.3 Å². The fourth-order valence-corrected chi connectivity index (χ4v) is 3.82. The van der Waals surface area contributed by atoms with E-state index in [1.54, 1.807) is 0 Å². The summed E-state index contributed by atoms with van der Waals surface area (Å²) in [6.07, 6.45) is 7.51. The third-order valence-corrected chi connectivity index (χ3v) is 4.73. The average molecular weight is 266 g/mol. The van der Waals surface area contributed by atoms with Gasteiger partial charge < -0.3 is 5.73 Å². The van der Waals surface area contributed by atoms with Gasteiger partial charge in [-0.15, -0.1) is 11.3 Å². The first kappa shape index (κ1) is 14.0. The summed E-state index contributed by atoms with van der Waals surface area (Å²) in [6.45, 7) is 6.69. The van der Waals surface area contributed by atoms with Crippen molar-refractivity contribution in [1.29, 1.82) is 0 Å². The zero-order chi connectivity index (χ0) is 13.2. The highest BCUT2D eigenvalue weighted by Gasteiger charge is 2.21. The molecule has 1 aliphatic carbocycles. The highest BCUT2D eigenvalue weighted by atomic mass is 32.1. The van der Waals surface area contributed by atoms with E-state index >= 15 is 0 Å². The molecule has 1 heterocycles. The van der Waals surface area contributed by atoms with Gasteiger partial charge in [-0.1, -0.05) is 33.6 Å². The quantitative estimate of drug-likeness (QED) is 0.825. The lowest BCUT2D eigenvalue weighted by Gasteiger charge is -2.16. The zero-order valence-corrected chi connectivity index (χ0v) is 12.7. The zero-order valence-electron chi connectivity index (χ0n) is 11.9. The van der Waals surface area contributed by atoms with E-state index in [1.165, 1.54) is 42.8 Å². The lowest BCUT2D eigenvalue weighted by atomic mass is 9.93. The van der Waals surface area contributed by atoms with Gasteiger partial charge in [0.05, 0.1) is 10.7 Å². The Morgan fingerprint density at radius 2 is 2.06 bits per heavy atom. The summed E-state index contributed by atoms with van der Waals surface area (Å²) >= 11 is 1.83. The Labute approximate surface area is 115 Å². The van der Waals surface area contributed by atoms with Crippen LogP contribution in [0.2, 0.25) is 0 Å². The summed E-state index contributed by atoms with van der Waals surface area (Å²) in [7, 11) is 0. The molecule has 2 unspecified atom stereocenters. The van der Waals surface area contributed by atoms with Gasteiger partial charge in [0.15, 0.2) is 0 Å². The standard InChI is InChI=1S/C15H26N2S/c1-15(2,3)13-10-18-14(17-13)9-11-6-4-5-7-12(16)8-11/h10-12H,4-9,16H2,1-3H3. The molecule has 18 heavy (non-hydrogen) atoms. The molecular weight excluding hydrogens is 240 g/mol. The van der Waals surface area contributed by atoms with Crippen LogP contribution in [0.15, 0.2) is 5.38 Å². The van der Waals surface area contributed by atoms with Crippen molar-refractivity contribution >= 4 is 11.3 Å². The maximum atomic E-state index is 6.14. The Balaban J connectivity index is 1.98. The van der Waals surface area contributed by atoms with Crippen LogP contribution in [0.4, 0.5) is 0 Å². The highest BCUT2D eigenvalue weighted by molar-refractivity contribution is 7.09. The Kier molecular flexibility index (Phi) is 4.44. The van der Waals surface area contributed by atoms with Crippen LogP contribution in [0.1, 0.15) is 63.6 Å². The van der Waals surface area contributed by atoms with Gasteiger partial charge >= 0.3 is 0 Å². The molecule has 1 aromatic rings. The van der Waals surface area contributed by atoms with Crippen LogP contribution in [-0.4, -0.2) is 11.0 Å². The van der Waals surface area contributed by atoms with E-state index < -0.39 is 0 Å². The molecule has 2 atom stereocenters. The largest absolute Gasteiger partial charge is 0.328 e. The fourth-order valence-electron chi connectivity index (χ4n) is 2.68. The lowest BCUT2D eigenvalue weighted by Crippen LogP contribution is -2.22. The van der Waals surface area contributed by atoms with Crippen molar-refractivity contribution < 1.29 is 0 Å². The Bertz CT molecular complexity index is 378. The van der Waals surface area contributed by atoms with Gasteiger partial charge in [-0.25, -0.2) is 4.98 Å². The average Bonchev–Trinajstić information content (AvgIpc) is 2.63. The molecule has 1 aliphatic rings. The second kappa shape index (κ2) is 5.70. The molecule has 0 amide bonds. The molecule has 3 heteroatoms. The summed E-state index contributed by atoms with van der Waals surface area (Å²) in [6, 6.07) is 0.416. The summed E-state index contributed by atoms with van der Waals surface area (Å²) in [5.74, 6) is 0.751. The monoisotopic (exact) mass is 266 g/mol. The number of thiazole rings is 1. The van der Waals surface area contributed by atoms with Crippen molar-refractivity contribution in [2.75, 3.05) is 0 Å². The topological polar surface area (TPSA) is 38.9 Å². The predicted octanol–water partition coefficient (Wildman–Crippen LogP) is 3.89. The third-order valence-electron chi connectivity index (χ3n) is 3.86. The van der Waals surface area contributed by atoms with Crippen LogP contribution >= 0.6 is 11.3 Å². The van der Waals surface area contributed by atoms with Gasteiger partial charge in [-0.05, 0) is 25.2 Å². The van der Waals surface area contributed by atoms with Crippen LogP contribution in [0.5, 0.6) is 0 Å². The lowest BCUT2D eigenvalue weighted by molar-refractivity contribution is 0.429. The van der Waals surface area contributed by atoms with Gasteiger partial charge in [0.1, 0.15) is 0 Å². The predicted molar refractivity (Wildman–Crippen MR) is 79.1 cm³/mol. The van der Waals surface area contributed by atoms with Crippen molar-refractivity contribution in [2.45, 2.75) is 70.8 Å². The van der Waals surface area contributed by atoms with Crippen LogP contribution in [0.3, 0.4) is 0 Å². The van der Waals surface area contributed by atoms with Gasteiger partial charge in [-0.3, -0.25) is 0 Å². The molecule has 102 valence electrons.